The number of hydrogen-bond donors (Lipinski definition) is 2. The number of nitrogens with one attached hydrogen (secondary N) is 1. The number of furan rings is 1. The van der Waals surface area contributed by atoms with Gasteiger partial charge in [0.1, 0.15) is 5.76 Å². The highest BCUT2D eigenvalue weighted by molar-refractivity contribution is 5.76. The number of rotatable bonds is 6. The maximum Gasteiger partial charge on any atom is 0.318 e. The Morgan fingerprint density at radius 2 is 2.28 bits per heavy atom. The quantitative estimate of drug-likeness (QED) is 0.802. The second-order valence-corrected chi connectivity index (χ2v) is 4.31. The molecule has 1 saturated carbocycles. The van der Waals surface area contributed by atoms with Crippen molar-refractivity contribution >= 4 is 12.0 Å². The standard InChI is InChI=1S/C12H16N2O4/c15-11(16)5-6-14(9-3-4-9)12(17)13-8-10-2-1-7-18-10/h1-2,7,9H,3-6,8H2,(H,13,17)(H,15,16). The molecule has 0 bridgehead atoms. The molecule has 1 aromatic rings. The number of aliphatic carboxylic acids is 1. The van der Waals surface area contributed by atoms with Crippen LogP contribution in [0.1, 0.15) is 25.0 Å². The number of urea groups is 1. The number of carbonyl (C=O) groups is 2. The summed E-state index contributed by atoms with van der Waals surface area (Å²) in [6.07, 6.45) is 3.43. The maximum atomic E-state index is 11.9. The van der Waals surface area contributed by atoms with E-state index in [1.165, 1.54) is 0 Å². The Balaban J connectivity index is 1.81. The van der Waals surface area contributed by atoms with Crippen molar-refractivity contribution in [3.63, 3.8) is 0 Å². The van der Waals surface area contributed by atoms with E-state index in [0.717, 1.165) is 12.8 Å². The van der Waals surface area contributed by atoms with Gasteiger partial charge >= 0.3 is 12.0 Å². The third kappa shape index (κ3) is 3.51. The van der Waals surface area contributed by atoms with Crippen LogP contribution in [-0.4, -0.2) is 34.6 Å². The first-order valence-electron chi connectivity index (χ1n) is 5.95. The first-order chi connectivity index (χ1) is 8.66. The summed E-state index contributed by atoms with van der Waals surface area (Å²) in [6.45, 7) is 0.576. The predicted octanol–water partition coefficient (Wildman–Crippen LogP) is 1.43. The summed E-state index contributed by atoms with van der Waals surface area (Å²) in [5.74, 6) is -0.211. The van der Waals surface area contributed by atoms with Crippen LogP contribution in [0.5, 0.6) is 0 Å². The van der Waals surface area contributed by atoms with Crippen LogP contribution >= 0.6 is 0 Å². The molecule has 0 saturated heterocycles. The molecule has 1 aliphatic carbocycles. The highest BCUT2D eigenvalue weighted by Gasteiger charge is 2.32. The van der Waals surface area contributed by atoms with Gasteiger partial charge < -0.3 is 19.7 Å². The SMILES string of the molecule is O=C(O)CCN(C(=O)NCc1ccco1)C1CC1. The Hall–Kier alpha value is -1.98. The molecule has 0 spiro atoms. The van der Waals surface area contributed by atoms with Crippen molar-refractivity contribution in [2.75, 3.05) is 6.54 Å². The lowest BCUT2D eigenvalue weighted by Gasteiger charge is -2.21. The number of carboxylic acid groups (broad SMARTS) is 1. The van der Waals surface area contributed by atoms with E-state index in [0.29, 0.717) is 12.3 Å². The molecular formula is C12H16N2O4. The van der Waals surface area contributed by atoms with Crippen LogP contribution in [-0.2, 0) is 11.3 Å². The van der Waals surface area contributed by atoms with Crippen molar-refractivity contribution in [3.05, 3.63) is 24.2 Å². The molecule has 1 heterocycles. The molecule has 6 nitrogen and oxygen atoms in total. The summed E-state index contributed by atoms with van der Waals surface area (Å²) in [5, 5.41) is 11.4. The van der Waals surface area contributed by atoms with Crippen LogP contribution in [0.15, 0.2) is 22.8 Å². The number of carbonyl (C=O) groups excluding carboxylic acids is 1. The largest absolute Gasteiger partial charge is 0.481 e. The van der Waals surface area contributed by atoms with Crippen LogP contribution in [0.3, 0.4) is 0 Å². The van der Waals surface area contributed by atoms with E-state index in [9.17, 15) is 9.59 Å². The van der Waals surface area contributed by atoms with Gasteiger partial charge in [-0.05, 0) is 25.0 Å². The molecule has 2 rings (SSSR count). The fraction of sp³-hybridized carbons (Fsp3) is 0.500. The summed E-state index contributed by atoms with van der Waals surface area (Å²) in [6, 6.07) is 3.50. The minimum atomic E-state index is -0.889. The molecule has 0 atom stereocenters. The molecule has 0 unspecified atom stereocenters. The van der Waals surface area contributed by atoms with Gasteiger partial charge in [-0.2, -0.15) is 0 Å². The van der Waals surface area contributed by atoms with Gasteiger partial charge in [0.05, 0.1) is 19.2 Å². The second-order valence-electron chi connectivity index (χ2n) is 4.31. The monoisotopic (exact) mass is 252 g/mol. The summed E-state index contributed by atoms with van der Waals surface area (Å²) < 4.78 is 5.11. The zero-order valence-corrected chi connectivity index (χ0v) is 9.96. The minimum absolute atomic E-state index is 0.0231. The molecule has 2 amide bonds. The van der Waals surface area contributed by atoms with Gasteiger partial charge in [0, 0.05) is 12.6 Å². The molecule has 18 heavy (non-hydrogen) atoms. The van der Waals surface area contributed by atoms with Gasteiger partial charge in [-0.1, -0.05) is 0 Å². The molecule has 1 fully saturated rings. The Bertz CT molecular complexity index is 412. The fourth-order valence-corrected chi connectivity index (χ4v) is 1.73. The van der Waals surface area contributed by atoms with Crippen molar-refractivity contribution in [2.45, 2.75) is 31.8 Å². The van der Waals surface area contributed by atoms with E-state index in [4.69, 9.17) is 9.52 Å². The van der Waals surface area contributed by atoms with Gasteiger partial charge in [0.2, 0.25) is 0 Å². The lowest BCUT2D eigenvalue weighted by molar-refractivity contribution is -0.137. The number of hydrogen-bond acceptors (Lipinski definition) is 3. The molecule has 1 aromatic heterocycles. The lowest BCUT2D eigenvalue weighted by Crippen LogP contribution is -2.42. The predicted molar refractivity (Wildman–Crippen MR) is 62.9 cm³/mol. The van der Waals surface area contributed by atoms with E-state index in [1.807, 2.05) is 0 Å². The van der Waals surface area contributed by atoms with Crippen LogP contribution in [0, 0.1) is 0 Å². The molecular weight excluding hydrogens is 236 g/mol. The molecule has 2 N–H and O–H groups in total. The highest BCUT2D eigenvalue weighted by atomic mass is 16.4. The van der Waals surface area contributed by atoms with Gasteiger partial charge in [0.25, 0.3) is 0 Å². The molecule has 6 heteroatoms. The number of amides is 2. The Morgan fingerprint density at radius 3 is 2.83 bits per heavy atom. The molecule has 0 radical (unpaired) electrons. The normalized spacial score (nSPS) is 14.2. The molecule has 0 aliphatic heterocycles. The van der Waals surface area contributed by atoms with Crippen molar-refractivity contribution < 1.29 is 19.1 Å². The van der Waals surface area contributed by atoms with E-state index >= 15 is 0 Å². The van der Waals surface area contributed by atoms with Crippen LogP contribution in [0.25, 0.3) is 0 Å². The summed E-state index contributed by atoms with van der Waals surface area (Å²) in [5.41, 5.74) is 0. The van der Waals surface area contributed by atoms with Crippen LogP contribution < -0.4 is 5.32 Å². The first-order valence-corrected chi connectivity index (χ1v) is 5.95. The van der Waals surface area contributed by atoms with Crippen LogP contribution in [0.4, 0.5) is 4.79 Å². The van der Waals surface area contributed by atoms with E-state index in [-0.39, 0.29) is 25.0 Å². The Labute approximate surface area is 105 Å². The highest BCUT2D eigenvalue weighted by Crippen LogP contribution is 2.26. The fourth-order valence-electron chi connectivity index (χ4n) is 1.73. The lowest BCUT2D eigenvalue weighted by atomic mass is 10.4. The van der Waals surface area contributed by atoms with Crippen LogP contribution in [0.2, 0.25) is 0 Å². The first kappa shape index (κ1) is 12.5. The summed E-state index contributed by atoms with van der Waals surface area (Å²) >= 11 is 0. The smallest absolute Gasteiger partial charge is 0.318 e. The summed E-state index contributed by atoms with van der Waals surface area (Å²) in [4.78, 5) is 24.0. The molecule has 98 valence electrons. The van der Waals surface area contributed by atoms with Crippen molar-refractivity contribution in [1.29, 1.82) is 0 Å². The van der Waals surface area contributed by atoms with Crippen molar-refractivity contribution in [2.24, 2.45) is 0 Å². The molecule has 0 aromatic carbocycles. The van der Waals surface area contributed by atoms with E-state index < -0.39 is 5.97 Å². The summed E-state index contributed by atoms with van der Waals surface area (Å²) in [7, 11) is 0. The number of carboxylic acids is 1. The van der Waals surface area contributed by atoms with Gasteiger partial charge in [-0.3, -0.25) is 4.79 Å². The van der Waals surface area contributed by atoms with Crippen molar-refractivity contribution in [3.8, 4) is 0 Å². The zero-order chi connectivity index (χ0) is 13.0. The number of nitrogens with zero attached hydrogens (tertiary/aromatic N) is 1. The third-order valence-electron chi connectivity index (χ3n) is 2.81. The van der Waals surface area contributed by atoms with E-state index in [1.54, 1.807) is 23.3 Å². The average molecular weight is 252 g/mol. The zero-order valence-electron chi connectivity index (χ0n) is 9.96. The van der Waals surface area contributed by atoms with Gasteiger partial charge in [-0.15, -0.1) is 0 Å². The third-order valence-corrected chi connectivity index (χ3v) is 2.81. The Kier molecular flexibility index (Phi) is 3.86. The maximum absolute atomic E-state index is 11.9. The van der Waals surface area contributed by atoms with E-state index in [2.05, 4.69) is 5.32 Å². The van der Waals surface area contributed by atoms with Gasteiger partial charge in [0.15, 0.2) is 0 Å². The Morgan fingerprint density at radius 1 is 1.50 bits per heavy atom. The average Bonchev–Trinajstić information content (AvgIpc) is 3.03. The second kappa shape index (κ2) is 5.57. The van der Waals surface area contributed by atoms with Crippen molar-refractivity contribution in [1.82, 2.24) is 10.2 Å². The van der Waals surface area contributed by atoms with Gasteiger partial charge in [-0.25, -0.2) is 4.79 Å². The minimum Gasteiger partial charge on any atom is -0.481 e. The topological polar surface area (TPSA) is 82.8 Å². The molecule has 1 aliphatic rings.